The first-order valence-electron chi connectivity index (χ1n) is 13.9. The SMILES string of the molecule is O=c1c2ccc3c4ccccc4n(-c4ccccc4)c3c2c2ccc3c4ccccc4n4c5ccccc5n1c2c34. The molecule has 0 amide bonds. The minimum atomic E-state index is 0.00993. The van der Waals surface area contributed by atoms with Gasteiger partial charge < -0.3 is 8.97 Å². The van der Waals surface area contributed by atoms with Crippen molar-refractivity contribution in [2.24, 2.45) is 0 Å². The lowest BCUT2D eigenvalue weighted by molar-refractivity contribution is 1.16. The van der Waals surface area contributed by atoms with E-state index in [4.69, 9.17) is 0 Å². The minimum Gasteiger partial charge on any atom is -0.309 e. The molecule has 4 heteroatoms. The second-order valence-electron chi connectivity index (χ2n) is 10.9. The highest BCUT2D eigenvalue weighted by Gasteiger charge is 2.24. The largest absolute Gasteiger partial charge is 0.309 e. The van der Waals surface area contributed by atoms with Gasteiger partial charge in [-0.25, -0.2) is 0 Å². The molecule has 0 atom stereocenters. The van der Waals surface area contributed by atoms with E-state index in [-0.39, 0.29) is 5.56 Å². The molecular weight excluding hydrogens is 502 g/mol. The average Bonchev–Trinajstić information content (AvgIpc) is 3.55. The summed E-state index contributed by atoms with van der Waals surface area (Å²) in [4.78, 5) is 14.7. The number of aromatic nitrogens is 3. The third kappa shape index (κ3) is 2.45. The van der Waals surface area contributed by atoms with Crippen molar-refractivity contribution in [3.05, 3.63) is 138 Å². The smallest absolute Gasteiger partial charge is 0.263 e. The number of hydrogen-bond acceptors (Lipinski definition) is 1. The molecule has 190 valence electrons. The number of para-hydroxylation sites is 5. The standard InChI is InChI=1S/C37H21N3O/c41-37-28-21-19-25-23-12-4-6-14-29(23)38(22-10-2-1-3-11-22)34(25)33(28)27-20-18-26-24-13-5-7-15-30(24)39-31-16-8-9-17-32(31)40(37)36(27)35(26)39/h1-21H. The summed E-state index contributed by atoms with van der Waals surface area (Å²) in [5.41, 5.74) is 8.43. The quantitative estimate of drug-likeness (QED) is 0.156. The van der Waals surface area contributed by atoms with Gasteiger partial charge in [-0.1, -0.05) is 84.9 Å². The topological polar surface area (TPSA) is 30.8 Å². The van der Waals surface area contributed by atoms with E-state index in [1.807, 2.05) is 22.6 Å². The van der Waals surface area contributed by atoms with Crippen molar-refractivity contribution >= 4 is 76.3 Å². The molecular formula is C37H21N3O. The molecule has 10 aromatic rings. The first kappa shape index (κ1) is 21.2. The highest BCUT2D eigenvalue weighted by molar-refractivity contribution is 6.29. The summed E-state index contributed by atoms with van der Waals surface area (Å²) >= 11 is 0. The predicted molar refractivity (Wildman–Crippen MR) is 170 cm³/mol. The van der Waals surface area contributed by atoms with Gasteiger partial charge in [0.25, 0.3) is 5.56 Å². The van der Waals surface area contributed by atoms with E-state index in [0.717, 1.165) is 71.2 Å². The van der Waals surface area contributed by atoms with E-state index in [0.29, 0.717) is 0 Å². The Morgan fingerprint density at radius 3 is 1.63 bits per heavy atom. The molecule has 0 N–H and O–H groups in total. The summed E-state index contributed by atoms with van der Waals surface area (Å²) in [5.74, 6) is 0. The van der Waals surface area contributed by atoms with Crippen LogP contribution in [0.3, 0.4) is 0 Å². The van der Waals surface area contributed by atoms with Gasteiger partial charge in [-0.05, 0) is 42.5 Å². The fourth-order valence-corrected chi connectivity index (χ4v) is 7.37. The third-order valence-electron chi connectivity index (χ3n) is 8.95. The molecule has 0 saturated heterocycles. The lowest BCUT2D eigenvalue weighted by atomic mass is 10.00. The van der Waals surface area contributed by atoms with Crippen LogP contribution in [0.2, 0.25) is 0 Å². The average molecular weight is 524 g/mol. The molecule has 0 unspecified atom stereocenters. The van der Waals surface area contributed by atoms with Gasteiger partial charge >= 0.3 is 0 Å². The van der Waals surface area contributed by atoms with Crippen LogP contribution in [0.25, 0.3) is 82.0 Å². The van der Waals surface area contributed by atoms with Crippen molar-refractivity contribution in [1.82, 2.24) is 13.4 Å². The first-order chi connectivity index (χ1) is 20.3. The summed E-state index contributed by atoms with van der Waals surface area (Å²) in [5, 5.41) is 7.48. The molecule has 4 nitrogen and oxygen atoms in total. The van der Waals surface area contributed by atoms with Gasteiger partial charge in [0.15, 0.2) is 0 Å². The van der Waals surface area contributed by atoms with Crippen molar-refractivity contribution in [3.8, 4) is 5.69 Å². The Bertz CT molecular complexity index is 2760. The Labute approximate surface area is 232 Å². The maximum atomic E-state index is 14.7. The Morgan fingerprint density at radius 1 is 0.366 bits per heavy atom. The zero-order valence-electron chi connectivity index (χ0n) is 21.9. The molecule has 0 saturated carbocycles. The summed E-state index contributed by atoms with van der Waals surface area (Å²) in [6, 6.07) is 44.5. The van der Waals surface area contributed by atoms with Crippen LogP contribution in [0.15, 0.2) is 132 Å². The Hall–Kier alpha value is -5.61. The van der Waals surface area contributed by atoms with Crippen LogP contribution in [0, 0.1) is 0 Å². The Balaban J connectivity index is 1.59. The number of nitrogens with zero attached hydrogens (tertiary/aromatic N) is 3. The van der Waals surface area contributed by atoms with E-state index in [1.165, 1.54) is 10.8 Å². The molecule has 0 aliphatic rings. The van der Waals surface area contributed by atoms with E-state index < -0.39 is 0 Å². The van der Waals surface area contributed by atoms with Gasteiger partial charge in [0.2, 0.25) is 0 Å². The third-order valence-corrected chi connectivity index (χ3v) is 8.95. The summed E-state index contributed by atoms with van der Waals surface area (Å²) in [7, 11) is 0. The normalized spacial score (nSPS) is 12.5. The highest BCUT2D eigenvalue weighted by atomic mass is 16.1. The summed E-state index contributed by atoms with van der Waals surface area (Å²) < 4.78 is 6.63. The minimum absolute atomic E-state index is 0.00993. The van der Waals surface area contributed by atoms with Crippen LogP contribution in [0.5, 0.6) is 0 Å². The monoisotopic (exact) mass is 523 g/mol. The molecule has 10 rings (SSSR count). The number of rotatable bonds is 1. The first-order valence-corrected chi connectivity index (χ1v) is 13.9. The van der Waals surface area contributed by atoms with Crippen molar-refractivity contribution in [2.45, 2.75) is 0 Å². The Morgan fingerprint density at radius 2 is 0.878 bits per heavy atom. The second kappa shape index (κ2) is 7.32. The molecule has 41 heavy (non-hydrogen) atoms. The van der Waals surface area contributed by atoms with Crippen LogP contribution in [-0.2, 0) is 0 Å². The molecule has 0 bridgehead atoms. The van der Waals surface area contributed by atoms with Crippen molar-refractivity contribution in [3.63, 3.8) is 0 Å². The zero-order valence-corrected chi connectivity index (χ0v) is 21.9. The van der Waals surface area contributed by atoms with Crippen molar-refractivity contribution in [2.75, 3.05) is 0 Å². The molecule has 0 fully saturated rings. The van der Waals surface area contributed by atoms with Gasteiger partial charge in [0, 0.05) is 38.0 Å². The fraction of sp³-hybridized carbons (Fsp3) is 0. The van der Waals surface area contributed by atoms with E-state index in [2.05, 4.69) is 118 Å². The number of benzene rings is 6. The van der Waals surface area contributed by atoms with Crippen molar-refractivity contribution in [1.29, 1.82) is 0 Å². The van der Waals surface area contributed by atoms with Gasteiger partial charge in [-0.3, -0.25) is 9.20 Å². The lowest BCUT2D eigenvalue weighted by Crippen LogP contribution is -2.17. The van der Waals surface area contributed by atoms with Gasteiger partial charge in [-0.2, -0.15) is 0 Å². The zero-order chi connectivity index (χ0) is 26.8. The van der Waals surface area contributed by atoms with Crippen LogP contribution < -0.4 is 5.56 Å². The maximum absolute atomic E-state index is 14.7. The van der Waals surface area contributed by atoms with Crippen LogP contribution >= 0.6 is 0 Å². The molecule has 6 aromatic carbocycles. The number of pyridine rings is 1. The summed E-state index contributed by atoms with van der Waals surface area (Å²) in [6.07, 6.45) is 0. The molecule has 0 radical (unpaired) electrons. The number of fused-ring (bicyclic) bond motifs is 12. The molecule has 4 heterocycles. The van der Waals surface area contributed by atoms with Gasteiger partial charge in [0.05, 0.1) is 44.0 Å². The van der Waals surface area contributed by atoms with E-state index in [1.54, 1.807) is 0 Å². The predicted octanol–water partition coefficient (Wildman–Crippen LogP) is 8.70. The second-order valence-corrected chi connectivity index (χ2v) is 10.9. The van der Waals surface area contributed by atoms with Gasteiger partial charge in [-0.15, -0.1) is 0 Å². The van der Waals surface area contributed by atoms with Crippen molar-refractivity contribution < 1.29 is 0 Å². The summed E-state index contributed by atoms with van der Waals surface area (Å²) in [6.45, 7) is 0. The molecule has 4 aromatic heterocycles. The van der Waals surface area contributed by atoms with Gasteiger partial charge in [0.1, 0.15) is 0 Å². The van der Waals surface area contributed by atoms with Crippen LogP contribution in [-0.4, -0.2) is 13.4 Å². The van der Waals surface area contributed by atoms with E-state index in [9.17, 15) is 4.79 Å². The van der Waals surface area contributed by atoms with Crippen LogP contribution in [0.1, 0.15) is 0 Å². The van der Waals surface area contributed by atoms with Crippen LogP contribution in [0.4, 0.5) is 0 Å². The molecule has 0 spiro atoms. The van der Waals surface area contributed by atoms with E-state index >= 15 is 0 Å². The highest BCUT2D eigenvalue weighted by Crippen LogP contribution is 2.42. The molecule has 0 aliphatic heterocycles. The fourth-order valence-electron chi connectivity index (χ4n) is 7.37. The maximum Gasteiger partial charge on any atom is 0.263 e. The lowest BCUT2D eigenvalue weighted by Gasteiger charge is -2.17. The Kier molecular flexibility index (Phi) is 3.79. The molecule has 0 aliphatic carbocycles. The number of hydrogen-bond donors (Lipinski definition) is 0.